The van der Waals surface area contributed by atoms with Gasteiger partial charge in [0.05, 0.1) is 19.1 Å². The van der Waals surface area contributed by atoms with E-state index in [1.165, 1.54) is 12.1 Å². The van der Waals surface area contributed by atoms with Crippen molar-refractivity contribution in [2.24, 2.45) is 0 Å². The first kappa shape index (κ1) is 19.5. The fourth-order valence-electron chi connectivity index (χ4n) is 2.19. The van der Waals surface area contributed by atoms with E-state index in [1.54, 1.807) is 37.4 Å². The fraction of sp³-hybridized carbons (Fsp3) is 0.211. The monoisotopic (exact) mass is 375 g/mol. The summed E-state index contributed by atoms with van der Waals surface area (Å²) in [6.45, 7) is 3.69. The van der Waals surface area contributed by atoms with Crippen molar-refractivity contribution in [1.82, 2.24) is 0 Å². The van der Waals surface area contributed by atoms with Gasteiger partial charge in [0.25, 0.3) is 0 Å². The number of hydrogen-bond acceptors (Lipinski definition) is 6. The van der Waals surface area contributed by atoms with Gasteiger partial charge in [-0.1, -0.05) is 6.07 Å². The molecule has 2 rings (SSSR count). The van der Waals surface area contributed by atoms with E-state index in [2.05, 4.69) is 10.1 Å². The minimum absolute atomic E-state index is 0.0359. The highest BCUT2D eigenvalue weighted by Gasteiger charge is 2.28. The lowest BCUT2D eigenvalue weighted by molar-refractivity contribution is -0.135. The number of nitrogens with one attached hydrogen (secondary N) is 1. The van der Waals surface area contributed by atoms with E-state index in [1.807, 2.05) is 13.8 Å². The summed E-state index contributed by atoms with van der Waals surface area (Å²) in [5.74, 6) is -0.278. The third kappa shape index (κ3) is 4.23. The van der Waals surface area contributed by atoms with E-state index in [0.29, 0.717) is 11.4 Å². The maximum atomic E-state index is 12.9. The Morgan fingerprint density at radius 3 is 2.19 bits per heavy atom. The van der Waals surface area contributed by atoms with Crippen LogP contribution in [0.5, 0.6) is 5.75 Å². The quantitative estimate of drug-likeness (QED) is 0.617. The Morgan fingerprint density at radius 1 is 1.00 bits per heavy atom. The number of rotatable bonds is 6. The summed E-state index contributed by atoms with van der Waals surface area (Å²) in [6, 6.07) is 11.5. The minimum atomic E-state index is -4.04. The van der Waals surface area contributed by atoms with Gasteiger partial charge in [0.15, 0.2) is 4.91 Å². The molecule has 0 aliphatic heterocycles. The maximum Gasteiger partial charge on any atom is 0.351 e. The number of benzene rings is 2. The fourth-order valence-corrected chi connectivity index (χ4v) is 3.54. The molecule has 0 saturated heterocycles. The number of aryl methyl sites for hydroxylation is 2. The number of carbonyl (C=O) groups is 1. The van der Waals surface area contributed by atoms with Gasteiger partial charge in [-0.05, 0) is 61.4 Å². The molecule has 0 unspecified atom stereocenters. The normalized spacial score (nSPS) is 11.8. The van der Waals surface area contributed by atoms with Crippen molar-refractivity contribution in [3.05, 3.63) is 64.7 Å². The predicted octanol–water partition coefficient (Wildman–Crippen LogP) is 3.21. The second-order valence-electron chi connectivity index (χ2n) is 5.62. The summed E-state index contributed by atoms with van der Waals surface area (Å²) in [7, 11) is -1.35. The zero-order chi connectivity index (χ0) is 19.3. The van der Waals surface area contributed by atoms with Gasteiger partial charge >= 0.3 is 5.97 Å². The molecule has 0 spiro atoms. The SMILES string of the molecule is COC(=O)/C(=C/Nc1ccc(OC)cc1)S(=O)(=O)c1ccc(C)c(C)c1. The molecule has 0 aliphatic rings. The molecule has 6 nitrogen and oxygen atoms in total. The van der Waals surface area contributed by atoms with Crippen LogP contribution in [-0.4, -0.2) is 28.6 Å². The highest BCUT2D eigenvalue weighted by molar-refractivity contribution is 7.96. The first-order valence-corrected chi connectivity index (χ1v) is 9.29. The number of carbonyl (C=O) groups excluding carboxylic acids is 1. The third-order valence-corrected chi connectivity index (χ3v) is 5.66. The van der Waals surface area contributed by atoms with Crippen molar-refractivity contribution in [2.45, 2.75) is 18.7 Å². The Bertz CT molecular complexity index is 931. The number of ether oxygens (including phenoxy) is 2. The first-order chi connectivity index (χ1) is 12.3. The van der Waals surface area contributed by atoms with Crippen LogP contribution in [0.3, 0.4) is 0 Å². The van der Waals surface area contributed by atoms with Crippen LogP contribution in [0.2, 0.25) is 0 Å². The topological polar surface area (TPSA) is 81.7 Å². The molecule has 2 aromatic carbocycles. The lowest BCUT2D eigenvalue weighted by Gasteiger charge is -2.10. The molecule has 0 aliphatic carbocycles. The third-order valence-electron chi connectivity index (χ3n) is 3.92. The number of methoxy groups -OCH3 is 2. The number of anilines is 1. The van der Waals surface area contributed by atoms with Crippen molar-refractivity contribution < 1.29 is 22.7 Å². The van der Waals surface area contributed by atoms with Gasteiger partial charge in [-0.15, -0.1) is 0 Å². The zero-order valence-electron chi connectivity index (χ0n) is 15.1. The first-order valence-electron chi connectivity index (χ1n) is 7.81. The molecular weight excluding hydrogens is 354 g/mol. The molecule has 0 fully saturated rings. The molecule has 1 N–H and O–H groups in total. The largest absolute Gasteiger partial charge is 0.497 e. The molecule has 0 atom stereocenters. The number of sulfone groups is 1. The summed E-state index contributed by atoms with van der Waals surface area (Å²) < 4.78 is 35.5. The lowest BCUT2D eigenvalue weighted by Crippen LogP contribution is -2.17. The number of hydrogen-bond donors (Lipinski definition) is 1. The van der Waals surface area contributed by atoms with Gasteiger partial charge in [0.1, 0.15) is 5.75 Å². The van der Waals surface area contributed by atoms with Crippen LogP contribution in [0.4, 0.5) is 5.69 Å². The summed E-state index contributed by atoms with van der Waals surface area (Å²) in [5, 5.41) is 2.82. The van der Waals surface area contributed by atoms with Crippen molar-refractivity contribution >= 4 is 21.5 Å². The molecular formula is C19H21NO5S. The Hall–Kier alpha value is -2.80. The van der Waals surface area contributed by atoms with Crippen LogP contribution in [0.15, 0.2) is 58.5 Å². The van der Waals surface area contributed by atoms with E-state index in [-0.39, 0.29) is 4.90 Å². The molecule has 0 saturated carbocycles. The van der Waals surface area contributed by atoms with Crippen LogP contribution < -0.4 is 10.1 Å². The zero-order valence-corrected chi connectivity index (χ0v) is 15.9. The molecule has 0 bridgehead atoms. The predicted molar refractivity (Wildman–Crippen MR) is 99.8 cm³/mol. The van der Waals surface area contributed by atoms with Crippen molar-refractivity contribution in [2.75, 3.05) is 19.5 Å². The molecule has 138 valence electrons. The summed E-state index contributed by atoms with van der Waals surface area (Å²) in [6.07, 6.45) is 1.14. The Balaban J connectivity index is 2.41. The average molecular weight is 375 g/mol. The van der Waals surface area contributed by atoms with Crippen LogP contribution >= 0.6 is 0 Å². The summed E-state index contributed by atoms with van der Waals surface area (Å²) in [5.41, 5.74) is 2.38. The van der Waals surface area contributed by atoms with Gasteiger partial charge in [0.2, 0.25) is 9.84 Å². The van der Waals surface area contributed by atoms with Crippen molar-refractivity contribution in [3.63, 3.8) is 0 Å². The molecule has 26 heavy (non-hydrogen) atoms. The smallest absolute Gasteiger partial charge is 0.351 e. The number of esters is 1. The summed E-state index contributed by atoms with van der Waals surface area (Å²) >= 11 is 0. The van der Waals surface area contributed by atoms with E-state index >= 15 is 0 Å². The van der Waals surface area contributed by atoms with Gasteiger partial charge in [-0.25, -0.2) is 13.2 Å². The van der Waals surface area contributed by atoms with Crippen LogP contribution in [0, 0.1) is 13.8 Å². The minimum Gasteiger partial charge on any atom is -0.497 e. The Morgan fingerprint density at radius 2 is 1.65 bits per heavy atom. The maximum absolute atomic E-state index is 12.9. The average Bonchev–Trinajstić information content (AvgIpc) is 2.64. The van der Waals surface area contributed by atoms with Gasteiger partial charge in [0, 0.05) is 11.9 Å². The summed E-state index contributed by atoms with van der Waals surface area (Å²) in [4.78, 5) is 11.6. The Kier molecular flexibility index (Phi) is 6.05. The Labute approximate surface area is 153 Å². The van der Waals surface area contributed by atoms with Gasteiger partial charge in [-0.3, -0.25) is 0 Å². The van der Waals surface area contributed by atoms with E-state index in [0.717, 1.165) is 24.4 Å². The second-order valence-corrected chi connectivity index (χ2v) is 7.54. The van der Waals surface area contributed by atoms with Gasteiger partial charge < -0.3 is 14.8 Å². The van der Waals surface area contributed by atoms with Crippen molar-refractivity contribution in [3.8, 4) is 5.75 Å². The van der Waals surface area contributed by atoms with Crippen molar-refractivity contribution in [1.29, 1.82) is 0 Å². The molecule has 0 amide bonds. The molecule has 7 heteroatoms. The molecule has 2 aromatic rings. The molecule has 0 aromatic heterocycles. The highest BCUT2D eigenvalue weighted by Crippen LogP contribution is 2.23. The molecule has 0 heterocycles. The van der Waals surface area contributed by atoms with Crippen LogP contribution in [0.25, 0.3) is 0 Å². The second kappa shape index (κ2) is 8.05. The van der Waals surface area contributed by atoms with Crippen LogP contribution in [-0.2, 0) is 19.4 Å². The van der Waals surface area contributed by atoms with Crippen LogP contribution in [0.1, 0.15) is 11.1 Å². The lowest BCUT2D eigenvalue weighted by atomic mass is 10.1. The highest BCUT2D eigenvalue weighted by atomic mass is 32.2. The van der Waals surface area contributed by atoms with E-state index < -0.39 is 20.7 Å². The van der Waals surface area contributed by atoms with E-state index in [9.17, 15) is 13.2 Å². The standard InChI is InChI=1S/C19H21NO5S/c1-13-5-10-17(11-14(13)2)26(22,23)18(19(21)25-4)12-20-15-6-8-16(24-3)9-7-15/h5-12,20H,1-4H3/b18-12-. The molecule has 0 radical (unpaired) electrons. The van der Waals surface area contributed by atoms with E-state index in [4.69, 9.17) is 4.74 Å². The van der Waals surface area contributed by atoms with Gasteiger partial charge in [-0.2, -0.15) is 0 Å².